The van der Waals surface area contributed by atoms with Crippen LogP contribution < -0.4 is 10.0 Å². The summed E-state index contributed by atoms with van der Waals surface area (Å²) in [5, 5.41) is 2.92. The first-order valence-electron chi connectivity index (χ1n) is 3.06. The number of nitrogens with one attached hydrogen (secondary N) is 2. The summed E-state index contributed by atoms with van der Waals surface area (Å²) in [5.74, 6) is 0. The van der Waals surface area contributed by atoms with Crippen molar-refractivity contribution >= 4 is 10.2 Å². The molecule has 5 nitrogen and oxygen atoms in total. The van der Waals surface area contributed by atoms with E-state index in [1.165, 1.54) is 11.4 Å². The molecule has 1 fully saturated rings. The summed E-state index contributed by atoms with van der Waals surface area (Å²) in [4.78, 5) is 0. The fourth-order valence-corrected chi connectivity index (χ4v) is 1.67. The van der Waals surface area contributed by atoms with Crippen LogP contribution in [0.4, 0.5) is 0 Å². The zero-order valence-corrected chi connectivity index (χ0v) is 6.61. The maximum absolute atomic E-state index is 11.0. The van der Waals surface area contributed by atoms with Gasteiger partial charge in [0, 0.05) is 20.1 Å². The molecule has 60 valence electrons. The van der Waals surface area contributed by atoms with Crippen LogP contribution in [-0.2, 0) is 10.2 Å². The zero-order chi connectivity index (χ0) is 7.61. The highest BCUT2D eigenvalue weighted by Gasteiger charge is 2.22. The third-order valence-corrected chi connectivity index (χ3v) is 2.93. The Morgan fingerprint density at radius 3 is 2.70 bits per heavy atom. The largest absolute Gasteiger partial charge is 0.302 e. The molecule has 0 unspecified atom stereocenters. The van der Waals surface area contributed by atoms with Crippen molar-refractivity contribution in [1.82, 2.24) is 14.3 Å². The van der Waals surface area contributed by atoms with E-state index in [4.69, 9.17) is 0 Å². The molecule has 10 heavy (non-hydrogen) atoms. The Hall–Kier alpha value is -0.170. The van der Waals surface area contributed by atoms with Crippen LogP contribution in [0, 0.1) is 0 Å². The smallest absolute Gasteiger partial charge is 0.280 e. The molecular weight excluding hydrogens is 154 g/mol. The topological polar surface area (TPSA) is 61.4 Å². The van der Waals surface area contributed by atoms with Crippen molar-refractivity contribution in [1.29, 1.82) is 0 Å². The molecular formula is C4H11N3O2S. The highest BCUT2D eigenvalue weighted by atomic mass is 32.2. The summed E-state index contributed by atoms with van der Waals surface area (Å²) in [6.45, 7) is 1.72. The number of hydrogen-bond acceptors (Lipinski definition) is 3. The van der Waals surface area contributed by atoms with E-state index in [2.05, 4.69) is 10.0 Å². The summed E-state index contributed by atoms with van der Waals surface area (Å²) in [6, 6.07) is 0. The minimum Gasteiger partial charge on any atom is -0.302 e. The summed E-state index contributed by atoms with van der Waals surface area (Å²) >= 11 is 0. The van der Waals surface area contributed by atoms with Crippen LogP contribution in [0.1, 0.15) is 0 Å². The van der Waals surface area contributed by atoms with Crippen molar-refractivity contribution in [2.75, 3.05) is 26.8 Å². The van der Waals surface area contributed by atoms with Gasteiger partial charge in [-0.3, -0.25) is 0 Å². The van der Waals surface area contributed by atoms with Crippen LogP contribution in [0.25, 0.3) is 0 Å². The summed E-state index contributed by atoms with van der Waals surface area (Å²) in [7, 11) is -1.77. The van der Waals surface area contributed by atoms with Crippen LogP contribution in [0.5, 0.6) is 0 Å². The standard InChI is InChI=1S/C4H11N3O2S/c1-5-10(8,9)7-3-2-6-4-7/h5-6H,2-4H2,1H3. The Bertz CT molecular complexity index is 195. The van der Waals surface area contributed by atoms with Gasteiger partial charge in [0.1, 0.15) is 0 Å². The van der Waals surface area contributed by atoms with E-state index >= 15 is 0 Å². The van der Waals surface area contributed by atoms with E-state index < -0.39 is 10.2 Å². The lowest BCUT2D eigenvalue weighted by Crippen LogP contribution is -2.37. The lowest BCUT2D eigenvalue weighted by atomic mass is 10.7. The van der Waals surface area contributed by atoms with Crippen molar-refractivity contribution in [2.24, 2.45) is 0 Å². The third kappa shape index (κ3) is 1.46. The van der Waals surface area contributed by atoms with Gasteiger partial charge in [0.05, 0.1) is 6.67 Å². The summed E-state index contributed by atoms with van der Waals surface area (Å²) in [6.07, 6.45) is 0. The van der Waals surface area contributed by atoms with Crippen LogP contribution >= 0.6 is 0 Å². The van der Waals surface area contributed by atoms with Crippen molar-refractivity contribution < 1.29 is 8.42 Å². The average Bonchev–Trinajstić information content (AvgIpc) is 2.38. The second-order valence-electron chi connectivity index (χ2n) is 2.04. The van der Waals surface area contributed by atoms with Gasteiger partial charge in [-0.05, 0) is 0 Å². The van der Waals surface area contributed by atoms with Gasteiger partial charge in [-0.25, -0.2) is 4.72 Å². The van der Waals surface area contributed by atoms with Gasteiger partial charge in [-0.2, -0.15) is 12.7 Å². The Kier molecular flexibility index (Phi) is 2.24. The number of nitrogens with zero attached hydrogens (tertiary/aromatic N) is 1. The van der Waals surface area contributed by atoms with Crippen LogP contribution in [0.3, 0.4) is 0 Å². The van der Waals surface area contributed by atoms with E-state index in [0.29, 0.717) is 13.2 Å². The third-order valence-electron chi connectivity index (χ3n) is 1.42. The maximum atomic E-state index is 11.0. The van der Waals surface area contributed by atoms with E-state index in [-0.39, 0.29) is 0 Å². The number of hydrogen-bond donors (Lipinski definition) is 2. The molecule has 1 saturated heterocycles. The molecule has 0 atom stereocenters. The van der Waals surface area contributed by atoms with Crippen molar-refractivity contribution in [3.05, 3.63) is 0 Å². The fourth-order valence-electron chi connectivity index (χ4n) is 0.821. The van der Waals surface area contributed by atoms with Gasteiger partial charge in [0.25, 0.3) is 10.2 Å². The van der Waals surface area contributed by atoms with E-state index in [0.717, 1.165) is 6.54 Å². The molecule has 1 rings (SSSR count). The van der Waals surface area contributed by atoms with Gasteiger partial charge in [0.15, 0.2) is 0 Å². The highest BCUT2D eigenvalue weighted by molar-refractivity contribution is 7.87. The van der Waals surface area contributed by atoms with E-state index in [9.17, 15) is 8.42 Å². The number of rotatable bonds is 2. The maximum Gasteiger partial charge on any atom is 0.280 e. The lowest BCUT2D eigenvalue weighted by molar-refractivity contribution is 0.466. The van der Waals surface area contributed by atoms with Crippen molar-refractivity contribution in [3.63, 3.8) is 0 Å². The molecule has 1 aliphatic rings. The van der Waals surface area contributed by atoms with E-state index in [1.807, 2.05) is 0 Å². The highest BCUT2D eigenvalue weighted by Crippen LogP contribution is 1.97. The molecule has 0 radical (unpaired) electrons. The Labute approximate surface area is 60.6 Å². The first-order valence-corrected chi connectivity index (χ1v) is 4.50. The molecule has 1 heterocycles. The second kappa shape index (κ2) is 2.83. The minimum absolute atomic E-state index is 0.420. The first-order chi connectivity index (χ1) is 4.67. The van der Waals surface area contributed by atoms with Crippen LogP contribution in [0.15, 0.2) is 0 Å². The van der Waals surface area contributed by atoms with Crippen molar-refractivity contribution in [3.8, 4) is 0 Å². The Morgan fingerprint density at radius 2 is 2.30 bits per heavy atom. The van der Waals surface area contributed by atoms with Gasteiger partial charge >= 0.3 is 0 Å². The normalized spacial score (nSPS) is 21.7. The molecule has 1 aliphatic heterocycles. The molecule has 0 amide bonds. The average molecular weight is 165 g/mol. The lowest BCUT2D eigenvalue weighted by Gasteiger charge is -2.12. The Morgan fingerprint density at radius 1 is 1.60 bits per heavy atom. The minimum atomic E-state index is -3.18. The van der Waals surface area contributed by atoms with Gasteiger partial charge in [-0.1, -0.05) is 0 Å². The molecule has 0 bridgehead atoms. The SMILES string of the molecule is CNS(=O)(=O)N1CCNC1. The molecule has 0 aliphatic carbocycles. The molecule has 0 spiro atoms. The predicted molar refractivity (Wildman–Crippen MR) is 37.6 cm³/mol. The van der Waals surface area contributed by atoms with Crippen molar-refractivity contribution in [2.45, 2.75) is 0 Å². The molecule has 0 aromatic rings. The van der Waals surface area contributed by atoms with Gasteiger partial charge in [0.2, 0.25) is 0 Å². The predicted octanol–water partition coefficient (Wildman–Crippen LogP) is -1.69. The summed E-state index contributed by atoms with van der Waals surface area (Å²) in [5.41, 5.74) is 0. The molecule has 0 aromatic heterocycles. The first kappa shape index (κ1) is 7.93. The van der Waals surface area contributed by atoms with Gasteiger partial charge in [-0.15, -0.1) is 0 Å². The fraction of sp³-hybridized carbons (Fsp3) is 1.00. The monoisotopic (exact) mass is 165 g/mol. The second-order valence-corrected chi connectivity index (χ2v) is 3.92. The van der Waals surface area contributed by atoms with Crippen LogP contribution in [-0.4, -0.2) is 39.5 Å². The Balaban J connectivity index is 2.63. The molecule has 0 aromatic carbocycles. The molecule has 0 saturated carbocycles. The van der Waals surface area contributed by atoms with Crippen LogP contribution in [0.2, 0.25) is 0 Å². The molecule has 2 N–H and O–H groups in total. The zero-order valence-electron chi connectivity index (χ0n) is 5.79. The van der Waals surface area contributed by atoms with E-state index in [1.54, 1.807) is 0 Å². The van der Waals surface area contributed by atoms with Gasteiger partial charge < -0.3 is 5.32 Å². The quantitative estimate of drug-likeness (QED) is 0.513. The molecule has 6 heteroatoms. The summed E-state index contributed by atoms with van der Waals surface area (Å²) < 4.78 is 25.5.